The fraction of sp³-hybridized carbons (Fsp3) is 0.744. The monoisotopic (exact) mass is 784 g/mol. The summed E-state index contributed by atoms with van der Waals surface area (Å²) < 4.78 is 33.0. The molecule has 0 aromatic carbocycles. The molecule has 0 aliphatic heterocycles. The van der Waals surface area contributed by atoms with E-state index >= 15 is 0 Å². The van der Waals surface area contributed by atoms with Crippen molar-refractivity contribution < 1.29 is 43.0 Å². The van der Waals surface area contributed by atoms with Gasteiger partial charge in [0.15, 0.2) is 6.10 Å². The predicted octanol–water partition coefficient (Wildman–Crippen LogP) is 10.5. The van der Waals surface area contributed by atoms with E-state index in [9.17, 15) is 24.5 Å². The number of nitrogens with two attached hydrogens (primary N) is 1. The van der Waals surface area contributed by atoms with Gasteiger partial charge in [0, 0.05) is 13.0 Å². The molecule has 0 heterocycles. The molecule has 0 saturated heterocycles. The molecule has 0 aliphatic rings. The van der Waals surface area contributed by atoms with Gasteiger partial charge in [-0.2, -0.15) is 0 Å². The number of carbonyl (C=O) groups is 1. The molecule has 1 unspecified atom stereocenters. The maximum absolute atomic E-state index is 12.4. The topological polar surface area (TPSA) is 158 Å². The highest BCUT2D eigenvalue weighted by Gasteiger charge is 2.24. The van der Waals surface area contributed by atoms with Gasteiger partial charge in [0.2, 0.25) is 0 Å². The van der Waals surface area contributed by atoms with Crippen LogP contribution in [-0.2, 0) is 27.9 Å². The average Bonchev–Trinajstić information content (AvgIpc) is 3.15. The van der Waals surface area contributed by atoms with Gasteiger partial charge < -0.3 is 30.3 Å². The molecule has 0 rings (SSSR count). The van der Waals surface area contributed by atoms with E-state index in [2.05, 4.69) is 19.9 Å². The maximum Gasteiger partial charge on any atom is 0.472 e. The number of unbranched alkanes of at least 4 members (excludes halogenated alkanes) is 17. The molecule has 10 nitrogen and oxygen atoms in total. The van der Waals surface area contributed by atoms with Crippen LogP contribution in [0.15, 0.2) is 60.9 Å². The van der Waals surface area contributed by atoms with E-state index < -0.39 is 32.1 Å². The number of esters is 1. The summed E-state index contributed by atoms with van der Waals surface area (Å²) in [7, 11) is -4.33. The van der Waals surface area contributed by atoms with Crippen LogP contribution < -0.4 is 5.73 Å². The Kier molecular flexibility index (Phi) is 37.7. The lowest BCUT2D eigenvalue weighted by atomic mass is 10.0. The number of ether oxygens (including phenoxy) is 2. The van der Waals surface area contributed by atoms with Crippen molar-refractivity contribution in [2.75, 3.05) is 26.4 Å². The Morgan fingerprint density at radius 1 is 0.667 bits per heavy atom. The van der Waals surface area contributed by atoms with Crippen LogP contribution in [0.5, 0.6) is 0 Å². The lowest BCUT2D eigenvalue weighted by molar-refractivity contribution is -0.147. The molecular formula is C43H78NO9P. The molecular weight excluding hydrogens is 705 g/mol. The molecule has 0 aromatic heterocycles. The Morgan fingerprint density at radius 2 is 1.20 bits per heavy atom. The summed E-state index contributed by atoms with van der Waals surface area (Å²) in [4.78, 5) is 22.3. The first-order valence-electron chi connectivity index (χ1n) is 21.0. The molecule has 0 amide bonds. The number of allylic oxidation sites excluding steroid dienone is 6. The van der Waals surface area contributed by atoms with Gasteiger partial charge in [-0.3, -0.25) is 13.8 Å². The summed E-state index contributed by atoms with van der Waals surface area (Å²) in [6.45, 7) is 3.86. The highest BCUT2D eigenvalue weighted by atomic mass is 31.2. The Labute approximate surface area is 329 Å². The van der Waals surface area contributed by atoms with Crippen LogP contribution in [0.2, 0.25) is 0 Å². The van der Waals surface area contributed by atoms with Gasteiger partial charge in [0.1, 0.15) is 6.61 Å². The van der Waals surface area contributed by atoms with Gasteiger partial charge in [0.25, 0.3) is 0 Å². The minimum Gasteiger partial charge on any atom is -0.492 e. The third-order valence-corrected chi connectivity index (χ3v) is 9.70. The molecule has 0 radical (unpaired) electrons. The Morgan fingerprint density at radius 3 is 1.81 bits per heavy atom. The largest absolute Gasteiger partial charge is 0.492 e. The molecule has 4 atom stereocenters. The standard InChI is InChI=1S/C43H78NO9P/c1-3-5-7-9-11-12-13-14-15-16-17-18-19-20-24-28-36-50-42(39-53-54(48,49)52-37-35-44)38-51-43(47)34-29-33-41(46)32-27-23-22-26-31-40(45)30-25-21-10-8-6-4-2/h21-23,25-28,31-32,36,40-42,45-46H,3-20,24,29-30,33-35,37-39,44H2,1-2H3,(H,48,49)/b23-22+,25-21-,31-26+,32-27-,36-28+/t40-,41-,42-/m1/s1. The number of carbonyl (C=O) groups excluding carboxylic acids is 1. The first-order valence-corrected chi connectivity index (χ1v) is 22.5. The zero-order chi connectivity index (χ0) is 39.8. The summed E-state index contributed by atoms with van der Waals surface area (Å²) >= 11 is 0. The zero-order valence-electron chi connectivity index (χ0n) is 33.9. The number of aliphatic hydroxyl groups is 2. The van der Waals surface area contributed by atoms with Crippen molar-refractivity contribution in [1.82, 2.24) is 0 Å². The first kappa shape index (κ1) is 52.0. The van der Waals surface area contributed by atoms with E-state index in [1.807, 2.05) is 12.2 Å². The van der Waals surface area contributed by atoms with Gasteiger partial charge in [0.05, 0.1) is 31.7 Å². The van der Waals surface area contributed by atoms with Crippen molar-refractivity contribution in [2.24, 2.45) is 5.73 Å². The van der Waals surface area contributed by atoms with E-state index in [-0.39, 0.29) is 32.8 Å². The van der Waals surface area contributed by atoms with Gasteiger partial charge in [-0.15, -0.1) is 0 Å². The maximum atomic E-state index is 12.4. The molecule has 0 saturated carbocycles. The lowest BCUT2D eigenvalue weighted by Gasteiger charge is -2.19. The second-order valence-electron chi connectivity index (χ2n) is 14.0. The fourth-order valence-corrected chi connectivity index (χ4v) is 6.23. The van der Waals surface area contributed by atoms with Crippen molar-refractivity contribution in [2.45, 2.75) is 180 Å². The summed E-state index contributed by atoms with van der Waals surface area (Å²) in [5.41, 5.74) is 5.35. The predicted molar refractivity (Wildman–Crippen MR) is 222 cm³/mol. The number of aliphatic hydroxyl groups excluding tert-OH is 2. The third kappa shape index (κ3) is 38.2. The normalized spacial score (nSPS) is 15.2. The SMILES string of the molecule is CCCCC/C=C\C[C@@H](O)/C=C/C=C/C=C\[C@@H](O)CCCC(=O)OC[C@H](COP(=O)(O)OCCN)O/C=C/CCCCCCCCCCCCCCCC. The Hall–Kier alpha value is -2.04. The van der Waals surface area contributed by atoms with E-state index in [0.29, 0.717) is 19.3 Å². The van der Waals surface area contributed by atoms with Crippen LogP contribution in [0.4, 0.5) is 0 Å². The molecule has 0 bridgehead atoms. The number of hydrogen-bond donors (Lipinski definition) is 4. The minimum atomic E-state index is -4.33. The molecule has 0 spiro atoms. The number of phosphoric acid groups is 1. The van der Waals surface area contributed by atoms with Crippen molar-refractivity contribution in [3.05, 3.63) is 60.9 Å². The molecule has 54 heavy (non-hydrogen) atoms. The molecule has 0 aromatic rings. The molecule has 0 aliphatic carbocycles. The van der Waals surface area contributed by atoms with E-state index in [4.69, 9.17) is 24.3 Å². The van der Waals surface area contributed by atoms with Crippen LogP contribution in [0.25, 0.3) is 0 Å². The van der Waals surface area contributed by atoms with Crippen molar-refractivity contribution in [3.8, 4) is 0 Å². The third-order valence-electron chi connectivity index (χ3n) is 8.72. The Balaban J connectivity index is 4.37. The van der Waals surface area contributed by atoms with Crippen molar-refractivity contribution in [1.29, 1.82) is 0 Å². The quantitative estimate of drug-likeness (QED) is 0.0118. The molecule has 5 N–H and O–H groups in total. The number of rotatable bonds is 39. The van der Waals surface area contributed by atoms with Gasteiger partial charge >= 0.3 is 13.8 Å². The smallest absolute Gasteiger partial charge is 0.472 e. The molecule has 11 heteroatoms. The van der Waals surface area contributed by atoms with Crippen molar-refractivity contribution in [3.63, 3.8) is 0 Å². The Bertz CT molecular complexity index is 1050. The summed E-state index contributed by atoms with van der Waals surface area (Å²) in [6, 6.07) is 0. The highest BCUT2D eigenvalue weighted by molar-refractivity contribution is 7.47. The minimum absolute atomic E-state index is 0.0640. The van der Waals surface area contributed by atoms with E-state index in [1.54, 1.807) is 36.5 Å². The summed E-state index contributed by atoms with van der Waals surface area (Å²) in [5.74, 6) is -0.475. The number of phosphoric ester groups is 1. The average molecular weight is 784 g/mol. The van der Waals surface area contributed by atoms with Gasteiger partial charge in [-0.25, -0.2) is 4.57 Å². The van der Waals surface area contributed by atoms with E-state index in [0.717, 1.165) is 25.7 Å². The number of hydrogen-bond acceptors (Lipinski definition) is 9. The second kappa shape index (κ2) is 39.2. The van der Waals surface area contributed by atoms with Crippen LogP contribution in [0.1, 0.15) is 162 Å². The zero-order valence-corrected chi connectivity index (χ0v) is 34.8. The van der Waals surface area contributed by atoms with Crippen molar-refractivity contribution >= 4 is 13.8 Å². The van der Waals surface area contributed by atoms with Gasteiger partial charge in [-0.05, 0) is 51.0 Å². The lowest BCUT2D eigenvalue weighted by Crippen LogP contribution is -2.25. The first-order chi connectivity index (χ1) is 26.2. The van der Waals surface area contributed by atoms with Crippen LogP contribution >= 0.6 is 7.82 Å². The van der Waals surface area contributed by atoms with Crippen LogP contribution in [0.3, 0.4) is 0 Å². The van der Waals surface area contributed by atoms with Gasteiger partial charge in [-0.1, -0.05) is 159 Å². The summed E-state index contributed by atoms with van der Waals surface area (Å²) in [6.07, 6.45) is 41.1. The summed E-state index contributed by atoms with van der Waals surface area (Å²) in [5, 5.41) is 20.2. The van der Waals surface area contributed by atoms with Crippen LogP contribution in [0, 0.1) is 0 Å². The second-order valence-corrected chi connectivity index (χ2v) is 15.4. The molecule has 0 fully saturated rings. The fourth-order valence-electron chi connectivity index (χ4n) is 5.47. The molecule has 314 valence electrons. The van der Waals surface area contributed by atoms with E-state index in [1.165, 1.54) is 103 Å². The van der Waals surface area contributed by atoms with Crippen LogP contribution in [-0.4, -0.2) is 65.8 Å². The highest BCUT2D eigenvalue weighted by Crippen LogP contribution is 2.43.